The first-order chi connectivity index (χ1) is 18.2. The maximum absolute atomic E-state index is 5.24. The summed E-state index contributed by atoms with van der Waals surface area (Å²) in [7, 11) is -1.85. The third-order valence-electron chi connectivity index (χ3n) is 7.34. The molecule has 0 saturated heterocycles. The van der Waals surface area contributed by atoms with Gasteiger partial charge in [0.15, 0.2) is 5.65 Å². The Bertz CT molecular complexity index is 1850. The molecule has 0 saturated carbocycles. The molecule has 0 N–H and O–H groups in total. The van der Waals surface area contributed by atoms with E-state index in [1.807, 2.05) is 24.4 Å². The molecule has 4 heteroatoms. The molecule has 4 aromatic carbocycles. The molecule has 0 aliphatic heterocycles. The summed E-state index contributed by atoms with van der Waals surface area (Å²) in [5.74, 6) is 0. The van der Waals surface area contributed by atoms with Crippen molar-refractivity contribution in [1.82, 2.24) is 14.4 Å². The highest BCUT2D eigenvalue weighted by Gasteiger charge is 2.40. The Morgan fingerprint density at radius 3 is 1.92 bits per heavy atom. The fourth-order valence-corrected chi connectivity index (χ4v) is 8.60. The zero-order valence-corrected chi connectivity index (χ0v) is 21.4. The highest BCUT2D eigenvalue weighted by molar-refractivity contribution is 7.95. The van der Waals surface area contributed by atoms with Crippen LogP contribution in [0, 0.1) is 0 Å². The fourth-order valence-electron chi connectivity index (χ4n) is 5.38. The number of hydrogen-bond donors (Lipinski definition) is 0. The van der Waals surface area contributed by atoms with Crippen LogP contribution in [0.4, 0.5) is 0 Å². The van der Waals surface area contributed by atoms with E-state index in [9.17, 15) is 0 Å². The number of rotatable bonds is 4. The zero-order chi connectivity index (χ0) is 24.8. The summed E-state index contributed by atoms with van der Waals surface area (Å²) in [4.78, 5) is 10.2. The zero-order valence-electron chi connectivity index (χ0n) is 20.5. The van der Waals surface area contributed by atoms with Crippen LogP contribution in [0.5, 0.6) is 0 Å². The minimum Gasteiger partial charge on any atom is -0.284 e. The second-order valence-electron chi connectivity index (χ2n) is 9.45. The lowest BCUT2D eigenvalue weighted by molar-refractivity contribution is 1.19. The van der Waals surface area contributed by atoms with Crippen LogP contribution in [0.25, 0.3) is 38.8 Å². The average Bonchev–Trinajstić information content (AvgIpc) is 3.36. The number of aromatic nitrogens is 3. The van der Waals surface area contributed by atoms with Crippen molar-refractivity contribution in [2.75, 3.05) is 6.66 Å². The third-order valence-corrected chi connectivity index (χ3v) is 11.3. The van der Waals surface area contributed by atoms with Crippen molar-refractivity contribution in [3.05, 3.63) is 134 Å². The van der Waals surface area contributed by atoms with Gasteiger partial charge in [0.05, 0.1) is 12.4 Å². The van der Waals surface area contributed by atoms with E-state index in [2.05, 4.69) is 120 Å². The molecule has 0 unspecified atom stereocenters. The summed E-state index contributed by atoms with van der Waals surface area (Å²) in [5.41, 5.74) is 4.85. The van der Waals surface area contributed by atoms with Gasteiger partial charge >= 0.3 is 0 Å². The maximum atomic E-state index is 5.24. The van der Waals surface area contributed by atoms with Crippen LogP contribution in [0.3, 0.4) is 0 Å². The van der Waals surface area contributed by atoms with Crippen molar-refractivity contribution < 1.29 is 0 Å². The first-order valence-corrected chi connectivity index (χ1v) is 14.7. The Morgan fingerprint density at radius 2 is 1.19 bits per heavy atom. The number of fused-ring (bicyclic) bond motifs is 5. The van der Waals surface area contributed by atoms with Crippen LogP contribution >= 0.6 is 7.26 Å². The monoisotopic (exact) mass is 494 g/mol. The van der Waals surface area contributed by atoms with Crippen LogP contribution in [0.1, 0.15) is 0 Å². The molecule has 0 aliphatic carbocycles. The highest BCUT2D eigenvalue weighted by atomic mass is 31.2. The lowest BCUT2D eigenvalue weighted by atomic mass is 10.0. The molecule has 0 bridgehead atoms. The van der Waals surface area contributed by atoms with E-state index in [1.165, 1.54) is 15.9 Å². The molecule has 3 aromatic heterocycles. The van der Waals surface area contributed by atoms with E-state index >= 15 is 0 Å². The Morgan fingerprint density at radius 1 is 0.568 bits per heavy atom. The van der Waals surface area contributed by atoms with E-state index in [0.29, 0.717) is 0 Å². The van der Waals surface area contributed by atoms with E-state index in [4.69, 9.17) is 9.97 Å². The van der Waals surface area contributed by atoms with Crippen LogP contribution < -0.4 is 15.9 Å². The van der Waals surface area contributed by atoms with E-state index in [0.717, 1.165) is 38.8 Å². The van der Waals surface area contributed by atoms with Crippen molar-refractivity contribution in [1.29, 1.82) is 0 Å². The number of hydrogen-bond acceptors (Lipinski definition) is 2. The average molecular weight is 495 g/mol. The largest absolute Gasteiger partial charge is 0.284 e. The SMILES string of the molecule is C[P+](c1ccccc1)(c1ccccc1)c1cccc(-c2nc3c(nc4ccccn43)c3ccccc23)c1. The number of imidazole rings is 1. The minimum absolute atomic E-state index is 0.887. The summed E-state index contributed by atoms with van der Waals surface area (Å²) in [6, 6.07) is 45.4. The smallest absolute Gasteiger partial charge is 0.165 e. The van der Waals surface area contributed by atoms with Gasteiger partial charge in [-0.25, -0.2) is 9.97 Å². The topological polar surface area (TPSA) is 30.2 Å². The van der Waals surface area contributed by atoms with Crippen LogP contribution in [0.15, 0.2) is 134 Å². The molecule has 0 radical (unpaired) electrons. The Hall–Kier alpha value is -4.33. The molecular weight excluding hydrogens is 469 g/mol. The van der Waals surface area contributed by atoms with Crippen LogP contribution in [0.2, 0.25) is 0 Å². The highest BCUT2D eigenvalue weighted by Crippen LogP contribution is 2.51. The van der Waals surface area contributed by atoms with Crippen molar-refractivity contribution >= 4 is 50.8 Å². The number of pyridine rings is 2. The predicted molar refractivity (Wildman–Crippen MR) is 158 cm³/mol. The first kappa shape index (κ1) is 21.9. The summed E-state index contributed by atoms with van der Waals surface area (Å²) in [5, 5.41) is 6.32. The van der Waals surface area contributed by atoms with Gasteiger partial charge in [0.25, 0.3) is 0 Å². The quantitative estimate of drug-likeness (QED) is 0.257. The van der Waals surface area contributed by atoms with Gasteiger partial charge in [-0.05, 0) is 48.5 Å². The van der Waals surface area contributed by atoms with Gasteiger partial charge in [-0.15, -0.1) is 0 Å². The summed E-state index contributed by atoms with van der Waals surface area (Å²) >= 11 is 0. The summed E-state index contributed by atoms with van der Waals surface area (Å²) < 4.78 is 2.08. The lowest BCUT2D eigenvalue weighted by Crippen LogP contribution is -2.30. The lowest BCUT2D eigenvalue weighted by Gasteiger charge is -2.23. The van der Waals surface area contributed by atoms with E-state index < -0.39 is 7.26 Å². The van der Waals surface area contributed by atoms with Gasteiger partial charge in [-0.1, -0.05) is 78.9 Å². The van der Waals surface area contributed by atoms with Crippen molar-refractivity contribution in [3.8, 4) is 11.3 Å². The van der Waals surface area contributed by atoms with Gasteiger partial charge in [0.2, 0.25) is 0 Å². The van der Waals surface area contributed by atoms with Crippen LogP contribution in [-0.4, -0.2) is 21.0 Å². The van der Waals surface area contributed by atoms with Gasteiger partial charge < -0.3 is 0 Å². The molecule has 176 valence electrons. The molecule has 3 heterocycles. The fraction of sp³-hybridized carbons (Fsp3) is 0.0303. The Labute approximate surface area is 216 Å². The van der Waals surface area contributed by atoms with E-state index in [-0.39, 0.29) is 0 Å². The molecule has 7 aromatic rings. The summed E-state index contributed by atoms with van der Waals surface area (Å²) in [6.45, 7) is 2.43. The molecule has 37 heavy (non-hydrogen) atoms. The van der Waals surface area contributed by atoms with Gasteiger partial charge in [0, 0.05) is 22.5 Å². The molecule has 0 amide bonds. The van der Waals surface area contributed by atoms with E-state index in [1.54, 1.807) is 0 Å². The number of nitrogens with zero attached hydrogens (tertiary/aromatic N) is 3. The van der Waals surface area contributed by atoms with Gasteiger partial charge in [0.1, 0.15) is 34.3 Å². The van der Waals surface area contributed by atoms with Crippen molar-refractivity contribution in [2.24, 2.45) is 0 Å². The standard InChI is InChI=1S/C33H25N3P/c1-37(25-14-4-2-5-15-25,26-16-6-3-7-17-26)27-18-12-13-24(23-27)31-28-19-8-9-20-29(28)32-33(35-31)36-22-11-10-21-30(36)34-32/h2-23H,1H3/q+1. The third kappa shape index (κ3) is 3.47. The Kier molecular flexibility index (Phi) is 5.13. The molecule has 7 rings (SSSR count). The first-order valence-electron chi connectivity index (χ1n) is 12.5. The van der Waals surface area contributed by atoms with Crippen molar-refractivity contribution in [2.45, 2.75) is 0 Å². The molecule has 0 aliphatic rings. The number of benzene rings is 4. The molecular formula is C33H25N3P+. The predicted octanol–water partition coefficient (Wildman–Crippen LogP) is 6.63. The molecule has 0 fully saturated rings. The second-order valence-corrected chi connectivity index (χ2v) is 13.0. The van der Waals surface area contributed by atoms with Crippen molar-refractivity contribution in [3.63, 3.8) is 0 Å². The maximum Gasteiger partial charge on any atom is 0.165 e. The van der Waals surface area contributed by atoms with Gasteiger partial charge in [-0.2, -0.15) is 0 Å². The minimum atomic E-state index is -1.85. The summed E-state index contributed by atoms with van der Waals surface area (Å²) in [6.07, 6.45) is 2.04. The van der Waals surface area contributed by atoms with Crippen LogP contribution in [-0.2, 0) is 0 Å². The second kappa shape index (κ2) is 8.65. The molecule has 0 atom stereocenters. The Balaban J connectivity index is 1.50. The van der Waals surface area contributed by atoms with Gasteiger partial charge in [-0.3, -0.25) is 4.40 Å². The molecule has 3 nitrogen and oxygen atoms in total. The molecule has 0 spiro atoms. The normalized spacial score (nSPS) is 11.9.